The Hall–Kier alpha value is -2.90. The van der Waals surface area contributed by atoms with Crippen LogP contribution in [0, 0.1) is 6.92 Å². The Morgan fingerprint density at radius 1 is 1.50 bits per heavy atom. The molecular formula is C16H17N5O3. The monoisotopic (exact) mass is 327 g/mol. The minimum Gasteiger partial charge on any atom is -0.442 e. The molecule has 1 amide bonds. The fourth-order valence-corrected chi connectivity index (χ4v) is 3.37. The van der Waals surface area contributed by atoms with Crippen LogP contribution >= 0.6 is 0 Å². The van der Waals surface area contributed by atoms with E-state index in [1.807, 2.05) is 21.8 Å². The van der Waals surface area contributed by atoms with Gasteiger partial charge in [-0.3, -0.25) is 14.3 Å². The maximum Gasteiger partial charge on any atom is 0.262 e. The number of nitrogens with one attached hydrogen (secondary N) is 1. The Morgan fingerprint density at radius 3 is 3.17 bits per heavy atom. The average molecular weight is 327 g/mol. The van der Waals surface area contributed by atoms with Crippen molar-refractivity contribution in [2.24, 2.45) is 0 Å². The van der Waals surface area contributed by atoms with Gasteiger partial charge in [0.2, 0.25) is 5.71 Å². The van der Waals surface area contributed by atoms with E-state index in [1.54, 1.807) is 13.1 Å². The summed E-state index contributed by atoms with van der Waals surface area (Å²) in [6, 6.07) is 1.91. The van der Waals surface area contributed by atoms with Crippen molar-refractivity contribution in [3.63, 3.8) is 0 Å². The van der Waals surface area contributed by atoms with Crippen molar-refractivity contribution in [2.75, 3.05) is 6.54 Å². The number of aromatic amines is 1. The molecule has 1 aliphatic heterocycles. The molecule has 3 aromatic heterocycles. The topological polar surface area (TPSA) is 97.0 Å². The smallest absolute Gasteiger partial charge is 0.262 e. The number of aryl methyl sites for hydroxylation is 1. The van der Waals surface area contributed by atoms with Gasteiger partial charge in [0.25, 0.3) is 11.5 Å². The van der Waals surface area contributed by atoms with E-state index in [1.165, 1.54) is 6.33 Å². The third-order valence-corrected chi connectivity index (χ3v) is 4.48. The number of aromatic nitrogens is 4. The lowest BCUT2D eigenvalue weighted by atomic mass is 10.1. The molecule has 0 bridgehead atoms. The lowest BCUT2D eigenvalue weighted by molar-refractivity contribution is 0.0721. The summed E-state index contributed by atoms with van der Waals surface area (Å²) in [6.45, 7) is 2.99. The van der Waals surface area contributed by atoms with Crippen molar-refractivity contribution in [1.29, 1.82) is 0 Å². The lowest BCUT2D eigenvalue weighted by Gasteiger charge is -2.24. The number of H-pyrrole nitrogens is 1. The van der Waals surface area contributed by atoms with E-state index < -0.39 is 0 Å². The number of amides is 1. The third-order valence-electron chi connectivity index (χ3n) is 4.48. The Labute approximate surface area is 137 Å². The third kappa shape index (κ3) is 2.31. The summed E-state index contributed by atoms with van der Waals surface area (Å²) in [5.41, 5.74) is 0.150. The fourth-order valence-electron chi connectivity index (χ4n) is 3.37. The van der Waals surface area contributed by atoms with Crippen LogP contribution in [0.3, 0.4) is 0 Å². The molecule has 0 aromatic carbocycles. The van der Waals surface area contributed by atoms with Crippen molar-refractivity contribution >= 4 is 17.0 Å². The van der Waals surface area contributed by atoms with E-state index >= 15 is 0 Å². The van der Waals surface area contributed by atoms with Crippen LogP contribution in [0.15, 0.2) is 34.0 Å². The first-order chi connectivity index (χ1) is 11.6. The second-order valence-corrected chi connectivity index (χ2v) is 5.97. The Balaban J connectivity index is 1.70. The molecule has 1 N–H and O–H groups in total. The largest absolute Gasteiger partial charge is 0.442 e. The average Bonchev–Trinajstić information content (AvgIpc) is 3.27. The molecule has 24 heavy (non-hydrogen) atoms. The molecule has 4 rings (SSSR count). The minimum absolute atomic E-state index is 0.0532. The summed E-state index contributed by atoms with van der Waals surface area (Å²) in [5, 5.41) is 4.44. The molecule has 0 saturated carbocycles. The molecule has 0 radical (unpaired) electrons. The van der Waals surface area contributed by atoms with E-state index in [9.17, 15) is 9.59 Å². The standard InChI is InChI=1S/C16H17N5O3/c1-10-12(13-14(22)17-9-18-15(13)24-10)16(23)21-7-2-4-11(21)8-20-6-3-5-19-20/h3,5-6,9,11H,2,4,7-8H2,1H3,(H,17,18,22)/t11-/m1/s1. The van der Waals surface area contributed by atoms with Gasteiger partial charge >= 0.3 is 0 Å². The maximum atomic E-state index is 13.1. The number of hydrogen-bond donors (Lipinski definition) is 1. The molecule has 0 unspecified atom stereocenters. The highest BCUT2D eigenvalue weighted by atomic mass is 16.3. The highest BCUT2D eigenvalue weighted by Crippen LogP contribution is 2.27. The van der Waals surface area contributed by atoms with Gasteiger partial charge in [-0.15, -0.1) is 0 Å². The zero-order valence-corrected chi connectivity index (χ0v) is 13.2. The predicted octanol–water partition coefficient (Wildman–Crippen LogP) is 1.33. The van der Waals surface area contributed by atoms with Gasteiger partial charge in [0, 0.05) is 18.9 Å². The van der Waals surface area contributed by atoms with E-state index in [4.69, 9.17) is 4.42 Å². The highest BCUT2D eigenvalue weighted by Gasteiger charge is 2.33. The van der Waals surface area contributed by atoms with Gasteiger partial charge in [-0.2, -0.15) is 5.10 Å². The van der Waals surface area contributed by atoms with Crippen LogP contribution in [0.5, 0.6) is 0 Å². The van der Waals surface area contributed by atoms with E-state index in [0.717, 1.165) is 12.8 Å². The fraction of sp³-hybridized carbons (Fsp3) is 0.375. The van der Waals surface area contributed by atoms with E-state index in [-0.39, 0.29) is 28.6 Å². The molecule has 1 aliphatic rings. The van der Waals surface area contributed by atoms with Crippen molar-refractivity contribution in [3.8, 4) is 0 Å². The van der Waals surface area contributed by atoms with E-state index in [0.29, 0.717) is 24.4 Å². The Bertz CT molecular complexity index is 940. The number of rotatable bonds is 3. The van der Waals surface area contributed by atoms with Crippen LogP contribution in [0.1, 0.15) is 29.0 Å². The summed E-state index contributed by atoms with van der Waals surface area (Å²) in [7, 11) is 0. The molecule has 0 aliphatic carbocycles. The molecule has 124 valence electrons. The minimum atomic E-state index is -0.358. The first kappa shape index (κ1) is 14.7. The van der Waals surface area contributed by atoms with Crippen molar-refractivity contribution < 1.29 is 9.21 Å². The van der Waals surface area contributed by atoms with Crippen LogP contribution < -0.4 is 5.56 Å². The van der Waals surface area contributed by atoms with Crippen molar-refractivity contribution in [3.05, 3.63) is 46.5 Å². The first-order valence-electron chi connectivity index (χ1n) is 7.90. The maximum absolute atomic E-state index is 13.1. The summed E-state index contributed by atoms with van der Waals surface area (Å²) in [6.07, 6.45) is 6.72. The van der Waals surface area contributed by atoms with Crippen LogP contribution in [0.4, 0.5) is 0 Å². The number of hydrogen-bond acceptors (Lipinski definition) is 5. The van der Waals surface area contributed by atoms with E-state index in [2.05, 4.69) is 15.1 Å². The number of carbonyl (C=O) groups excluding carboxylic acids is 1. The number of furan rings is 1. The summed E-state index contributed by atoms with van der Waals surface area (Å²) < 4.78 is 7.33. The van der Waals surface area contributed by atoms with Gasteiger partial charge in [0.1, 0.15) is 11.1 Å². The second kappa shape index (κ2) is 5.63. The van der Waals surface area contributed by atoms with Gasteiger partial charge in [-0.25, -0.2) is 4.98 Å². The van der Waals surface area contributed by atoms with Crippen LogP contribution in [0.25, 0.3) is 11.1 Å². The normalized spacial score (nSPS) is 17.7. The van der Waals surface area contributed by atoms with Gasteiger partial charge < -0.3 is 14.3 Å². The number of likely N-dealkylation sites (tertiary alicyclic amines) is 1. The Morgan fingerprint density at radius 2 is 2.38 bits per heavy atom. The van der Waals surface area contributed by atoms with Crippen molar-refractivity contribution in [1.82, 2.24) is 24.6 Å². The number of fused-ring (bicyclic) bond motifs is 1. The van der Waals surface area contributed by atoms with Crippen LogP contribution in [-0.2, 0) is 6.54 Å². The van der Waals surface area contributed by atoms with Gasteiger partial charge in [0.15, 0.2) is 0 Å². The molecule has 1 fully saturated rings. The second-order valence-electron chi connectivity index (χ2n) is 5.97. The van der Waals surface area contributed by atoms with Gasteiger partial charge in [0.05, 0.1) is 24.5 Å². The molecule has 8 nitrogen and oxygen atoms in total. The van der Waals surface area contributed by atoms with Crippen LogP contribution in [-0.4, -0.2) is 43.1 Å². The first-order valence-corrected chi connectivity index (χ1v) is 7.90. The molecule has 8 heteroatoms. The van der Waals surface area contributed by atoms with Gasteiger partial charge in [-0.1, -0.05) is 0 Å². The zero-order valence-electron chi connectivity index (χ0n) is 13.2. The lowest BCUT2D eigenvalue weighted by Crippen LogP contribution is -2.38. The molecule has 1 atom stereocenters. The summed E-state index contributed by atoms with van der Waals surface area (Å²) in [5.74, 6) is 0.239. The molecule has 4 heterocycles. The quantitative estimate of drug-likeness (QED) is 0.782. The predicted molar refractivity (Wildman–Crippen MR) is 85.7 cm³/mol. The SMILES string of the molecule is Cc1oc2nc[nH]c(=O)c2c1C(=O)N1CCC[C@@H]1Cn1cccn1. The molecule has 1 saturated heterocycles. The molecular weight excluding hydrogens is 310 g/mol. The number of nitrogens with zero attached hydrogens (tertiary/aromatic N) is 4. The summed E-state index contributed by atoms with van der Waals surface area (Å²) in [4.78, 5) is 33.5. The van der Waals surface area contributed by atoms with Crippen LogP contribution in [0.2, 0.25) is 0 Å². The molecule has 0 spiro atoms. The highest BCUT2D eigenvalue weighted by molar-refractivity contribution is 6.06. The number of carbonyl (C=O) groups is 1. The summed E-state index contributed by atoms with van der Waals surface area (Å²) >= 11 is 0. The molecule has 3 aromatic rings. The zero-order chi connectivity index (χ0) is 16.7. The Kier molecular flexibility index (Phi) is 3.44. The van der Waals surface area contributed by atoms with Gasteiger partial charge in [-0.05, 0) is 25.8 Å². The van der Waals surface area contributed by atoms with Crippen molar-refractivity contribution in [2.45, 2.75) is 32.4 Å².